The fourth-order valence-corrected chi connectivity index (χ4v) is 3.08. The number of benzene rings is 2. The summed E-state index contributed by atoms with van der Waals surface area (Å²) >= 11 is 0. The molecule has 122 valence electrons. The van der Waals surface area contributed by atoms with Gasteiger partial charge in [-0.3, -0.25) is 0 Å². The van der Waals surface area contributed by atoms with E-state index in [1.165, 1.54) is 0 Å². The van der Waals surface area contributed by atoms with Crippen molar-refractivity contribution in [3.63, 3.8) is 0 Å². The van der Waals surface area contributed by atoms with Gasteiger partial charge in [-0.25, -0.2) is 0 Å². The van der Waals surface area contributed by atoms with Crippen molar-refractivity contribution in [1.82, 2.24) is 0 Å². The van der Waals surface area contributed by atoms with Crippen LogP contribution in [-0.2, 0) is 6.42 Å². The first-order valence-corrected chi connectivity index (χ1v) is 7.96. The van der Waals surface area contributed by atoms with Crippen LogP contribution in [0.4, 0.5) is 5.69 Å². The van der Waals surface area contributed by atoms with Gasteiger partial charge in [0.1, 0.15) is 23.4 Å². The minimum Gasteiger partial charge on any atom is -0.508 e. The van der Waals surface area contributed by atoms with Gasteiger partial charge < -0.3 is 19.5 Å². The van der Waals surface area contributed by atoms with Crippen molar-refractivity contribution in [3.05, 3.63) is 48.0 Å². The molecule has 0 aliphatic carbocycles. The van der Waals surface area contributed by atoms with Crippen LogP contribution in [0.3, 0.4) is 0 Å². The Hall–Kier alpha value is -2.36. The highest BCUT2D eigenvalue weighted by molar-refractivity contribution is 5.63. The maximum Gasteiger partial charge on any atom is 0.143 e. The van der Waals surface area contributed by atoms with Crippen LogP contribution in [0, 0.1) is 0 Å². The second kappa shape index (κ2) is 6.41. The number of hydrogen-bond acceptors (Lipinski definition) is 4. The number of anilines is 1. The number of para-hydroxylation sites is 1. The molecule has 4 heteroatoms. The summed E-state index contributed by atoms with van der Waals surface area (Å²) in [7, 11) is 1.69. The maximum absolute atomic E-state index is 9.76. The molecule has 3 rings (SSSR count). The topological polar surface area (TPSA) is 41.9 Å². The van der Waals surface area contributed by atoms with Gasteiger partial charge in [-0.15, -0.1) is 0 Å². The van der Waals surface area contributed by atoms with Crippen molar-refractivity contribution in [2.24, 2.45) is 0 Å². The standard InChI is InChI=1S/C19H23NO3/c1-13(2)20-12-16(10-14-6-4-5-7-18(14)22-3)23-19-9-8-15(21)11-17(19)20/h4-9,11,13,16,21H,10,12H2,1-3H3. The molecule has 0 amide bonds. The normalized spacial score (nSPS) is 16.9. The summed E-state index contributed by atoms with van der Waals surface area (Å²) in [5, 5.41) is 9.76. The third-order valence-corrected chi connectivity index (χ3v) is 4.21. The van der Waals surface area contributed by atoms with Gasteiger partial charge in [0, 0.05) is 18.5 Å². The maximum atomic E-state index is 9.76. The Morgan fingerprint density at radius 3 is 2.78 bits per heavy atom. The molecule has 0 spiro atoms. The second-order valence-electron chi connectivity index (χ2n) is 6.15. The largest absolute Gasteiger partial charge is 0.508 e. The second-order valence-corrected chi connectivity index (χ2v) is 6.15. The van der Waals surface area contributed by atoms with Gasteiger partial charge in [0.05, 0.1) is 19.3 Å². The highest BCUT2D eigenvalue weighted by Gasteiger charge is 2.28. The molecule has 0 bridgehead atoms. The molecule has 2 aromatic carbocycles. The summed E-state index contributed by atoms with van der Waals surface area (Å²) in [6.07, 6.45) is 0.832. The van der Waals surface area contributed by atoms with E-state index in [9.17, 15) is 5.11 Å². The number of methoxy groups -OCH3 is 1. The monoisotopic (exact) mass is 313 g/mol. The van der Waals surface area contributed by atoms with Gasteiger partial charge in [-0.2, -0.15) is 0 Å². The number of rotatable bonds is 4. The van der Waals surface area contributed by atoms with E-state index in [-0.39, 0.29) is 11.9 Å². The number of ether oxygens (including phenoxy) is 2. The van der Waals surface area contributed by atoms with Crippen molar-refractivity contribution in [2.75, 3.05) is 18.6 Å². The molecule has 1 aliphatic rings. The molecule has 0 saturated carbocycles. The molecule has 23 heavy (non-hydrogen) atoms. The van der Waals surface area contributed by atoms with E-state index in [4.69, 9.17) is 9.47 Å². The summed E-state index contributed by atoms with van der Waals surface area (Å²) in [5.41, 5.74) is 2.10. The van der Waals surface area contributed by atoms with Gasteiger partial charge in [0.15, 0.2) is 0 Å². The number of nitrogens with zero attached hydrogens (tertiary/aromatic N) is 1. The average molecular weight is 313 g/mol. The molecule has 1 N–H and O–H groups in total. The van der Waals surface area contributed by atoms with Gasteiger partial charge >= 0.3 is 0 Å². The molecule has 1 unspecified atom stereocenters. The summed E-state index contributed by atoms with van der Waals surface area (Å²) < 4.78 is 11.6. The molecule has 4 nitrogen and oxygen atoms in total. The smallest absolute Gasteiger partial charge is 0.143 e. The van der Waals surface area contributed by atoms with E-state index in [0.717, 1.165) is 35.7 Å². The van der Waals surface area contributed by atoms with Gasteiger partial charge in [-0.05, 0) is 37.6 Å². The minimum absolute atomic E-state index is 0.0470. The summed E-state index contributed by atoms with van der Waals surface area (Å²) in [5.74, 6) is 1.98. The van der Waals surface area contributed by atoms with Crippen LogP contribution in [0.2, 0.25) is 0 Å². The first-order valence-electron chi connectivity index (χ1n) is 7.96. The highest BCUT2D eigenvalue weighted by atomic mass is 16.5. The predicted molar refractivity (Wildman–Crippen MR) is 91.7 cm³/mol. The Labute approximate surface area is 137 Å². The summed E-state index contributed by atoms with van der Waals surface area (Å²) in [6.45, 7) is 5.09. The van der Waals surface area contributed by atoms with Crippen molar-refractivity contribution >= 4 is 5.69 Å². The summed E-state index contributed by atoms with van der Waals surface area (Å²) in [6, 6.07) is 13.7. The van der Waals surface area contributed by atoms with E-state index < -0.39 is 0 Å². The third-order valence-electron chi connectivity index (χ3n) is 4.21. The molecule has 2 aromatic rings. The molecular weight excluding hydrogens is 290 g/mol. The van der Waals surface area contributed by atoms with E-state index in [2.05, 4.69) is 24.8 Å². The number of hydrogen-bond donors (Lipinski definition) is 1. The van der Waals surface area contributed by atoms with E-state index in [1.807, 2.05) is 24.3 Å². The number of aromatic hydroxyl groups is 1. The van der Waals surface area contributed by atoms with E-state index >= 15 is 0 Å². The van der Waals surface area contributed by atoms with Gasteiger partial charge in [0.2, 0.25) is 0 Å². The van der Waals surface area contributed by atoms with Crippen molar-refractivity contribution in [2.45, 2.75) is 32.4 Å². The quantitative estimate of drug-likeness (QED) is 0.936. The molecular formula is C19H23NO3. The molecule has 1 atom stereocenters. The van der Waals surface area contributed by atoms with Crippen LogP contribution in [0.25, 0.3) is 0 Å². The fourth-order valence-electron chi connectivity index (χ4n) is 3.08. The van der Waals surface area contributed by atoms with Crippen molar-refractivity contribution < 1.29 is 14.6 Å². The van der Waals surface area contributed by atoms with Crippen LogP contribution in [0.15, 0.2) is 42.5 Å². The van der Waals surface area contributed by atoms with Crippen LogP contribution in [0.5, 0.6) is 17.2 Å². The Morgan fingerprint density at radius 1 is 1.26 bits per heavy atom. The molecule has 0 aromatic heterocycles. The molecule has 0 radical (unpaired) electrons. The highest BCUT2D eigenvalue weighted by Crippen LogP contribution is 2.38. The molecule has 0 saturated heterocycles. The SMILES string of the molecule is COc1ccccc1CC1CN(C(C)C)c2cc(O)ccc2O1. The van der Waals surface area contributed by atoms with Crippen LogP contribution < -0.4 is 14.4 Å². The molecule has 0 fully saturated rings. The lowest BCUT2D eigenvalue weighted by Crippen LogP contribution is -2.44. The van der Waals surface area contributed by atoms with Crippen LogP contribution in [-0.4, -0.2) is 30.9 Å². The Bertz CT molecular complexity index is 684. The lowest BCUT2D eigenvalue weighted by molar-refractivity contribution is 0.189. The van der Waals surface area contributed by atoms with Crippen LogP contribution >= 0.6 is 0 Å². The van der Waals surface area contributed by atoms with Crippen molar-refractivity contribution in [3.8, 4) is 17.2 Å². The Morgan fingerprint density at radius 2 is 2.04 bits per heavy atom. The molecule has 1 aliphatic heterocycles. The van der Waals surface area contributed by atoms with Gasteiger partial charge in [-0.1, -0.05) is 18.2 Å². The Balaban J connectivity index is 1.87. The number of phenolic OH excluding ortho intramolecular Hbond substituents is 1. The predicted octanol–water partition coefficient (Wildman–Crippen LogP) is 3.62. The Kier molecular flexibility index (Phi) is 4.33. The average Bonchev–Trinajstić information content (AvgIpc) is 2.55. The van der Waals surface area contributed by atoms with E-state index in [0.29, 0.717) is 6.04 Å². The zero-order valence-electron chi connectivity index (χ0n) is 13.8. The first kappa shape index (κ1) is 15.5. The minimum atomic E-state index is 0.0470. The van der Waals surface area contributed by atoms with Crippen molar-refractivity contribution in [1.29, 1.82) is 0 Å². The first-order chi connectivity index (χ1) is 11.1. The lowest BCUT2D eigenvalue weighted by atomic mass is 10.0. The van der Waals surface area contributed by atoms with Crippen LogP contribution in [0.1, 0.15) is 19.4 Å². The summed E-state index contributed by atoms with van der Waals surface area (Å²) in [4.78, 5) is 2.28. The lowest BCUT2D eigenvalue weighted by Gasteiger charge is -2.39. The number of phenols is 1. The fraction of sp³-hybridized carbons (Fsp3) is 0.368. The van der Waals surface area contributed by atoms with Gasteiger partial charge in [0.25, 0.3) is 0 Å². The molecule has 1 heterocycles. The van der Waals surface area contributed by atoms with E-state index in [1.54, 1.807) is 19.2 Å². The third kappa shape index (κ3) is 3.21. The number of fused-ring (bicyclic) bond motifs is 1. The zero-order valence-corrected chi connectivity index (χ0v) is 13.8. The zero-order chi connectivity index (χ0) is 16.4.